The van der Waals surface area contributed by atoms with Crippen LogP contribution >= 0.6 is 0 Å². The molecule has 0 aliphatic rings. The van der Waals surface area contributed by atoms with E-state index in [1.165, 1.54) is 89.0 Å². The van der Waals surface area contributed by atoms with Gasteiger partial charge in [-0.15, -0.1) is 0 Å². The Kier molecular flexibility index (Phi) is 17.7. The van der Waals surface area contributed by atoms with Crippen LogP contribution in [0.4, 0.5) is 0 Å². The molecule has 0 fully saturated rings. The predicted octanol–water partition coefficient (Wildman–Crippen LogP) is 4.91. The lowest BCUT2D eigenvalue weighted by atomic mass is 10.0. The zero-order valence-corrected chi connectivity index (χ0v) is 19.7. The van der Waals surface area contributed by atoms with E-state index < -0.39 is 0 Å². The second-order valence-corrected chi connectivity index (χ2v) is 8.91. The lowest BCUT2D eigenvalue weighted by molar-refractivity contribution is -0.897. The minimum Gasteiger partial charge on any atom is -1.00 e. The van der Waals surface area contributed by atoms with Crippen molar-refractivity contribution in [2.45, 2.75) is 96.9 Å². The highest BCUT2D eigenvalue weighted by molar-refractivity contribution is 5.13. The maximum absolute atomic E-state index is 2.40. The topological polar surface area (TPSA) is 0 Å². The standard InChI is InChI=1S/C26H46N.ClH/c1-4-5-6-7-8-9-10-11-12-13-14-15-16-17-21-24-27(2,3)25-26-22-19-18-20-23-26;/h17-23H,4-16,24-25H2,1-3H3;1H/q+1;/p-1. The Labute approximate surface area is 182 Å². The van der Waals surface area contributed by atoms with Gasteiger partial charge in [0, 0.05) is 5.56 Å². The SMILES string of the molecule is CCCCCCCCCCCCCCC=CC[N+](C)(C)Cc1ccccc1.[Cl-]. The average molecular weight is 408 g/mol. The van der Waals surface area contributed by atoms with Crippen molar-refractivity contribution in [3.05, 3.63) is 48.0 Å². The van der Waals surface area contributed by atoms with Crippen LogP contribution < -0.4 is 12.4 Å². The van der Waals surface area contributed by atoms with Crippen LogP contribution in [-0.2, 0) is 6.54 Å². The molecule has 0 aliphatic carbocycles. The van der Waals surface area contributed by atoms with Gasteiger partial charge in [-0.2, -0.15) is 0 Å². The molecule has 0 spiro atoms. The molecule has 162 valence electrons. The number of benzene rings is 1. The van der Waals surface area contributed by atoms with Crippen molar-refractivity contribution in [2.75, 3.05) is 20.6 Å². The molecule has 1 aromatic carbocycles. The number of allylic oxidation sites excluding steroid dienone is 1. The molecule has 28 heavy (non-hydrogen) atoms. The minimum atomic E-state index is 0. The number of rotatable bonds is 17. The van der Waals surface area contributed by atoms with E-state index in [0.717, 1.165) is 17.6 Å². The van der Waals surface area contributed by atoms with Crippen LogP contribution in [0.2, 0.25) is 0 Å². The molecule has 0 atom stereocenters. The van der Waals surface area contributed by atoms with E-state index in [4.69, 9.17) is 0 Å². The fraction of sp³-hybridized carbons (Fsp3) is 0.692. The van der Waals surface area contributed by atoms with Crippen molar-refractivity contribution in [2.24, 2.45) is 0 Å². The Morgan fingerprint density at radius 3 is 1.71 bits per heavy atom. The normalized spacial score (nSPS) is 11.7. The molecule has 0 amide bonds. The van der Waals surface area contributed by atoms with Crippen LogP contribution in [0.3, 0.4) is 0 Å². The molecule has 0 N–H and O–H groups in total. The van der Waals surface area contributed by atoms with E-state index in [1.807, 2.05) is 0 Å². The average Bonchev–Trinajstić information content (AvgIpc) is 2.65. The molecule has 1 aromatic rings. The molecule has 1 rings (SSSR count). The maximum atomic E-state index is 2.40. The second-order valence-electron chi connectivity index (χ2n) is 8.91. The van der Waals surface area contributed by atoms with Crippen molar-refractivity contribution < 1.29 is 16.9 Å². The van der Waals surface area contributed by atoms with Crippen LogP contribution in [0.15, 0.2) is 42.5 Å². The van der Waals surface area contributed by atoms with Gasteiger partial charge in [0.25, 0.3) is 0 Å². The molecule has 2 heteroatoms. The first-order valence-electron chi connectivity index (χ1n) is 11.6. The third-order valence-electron chi connectivity index (χ3n) is 5.44. The van der Waals surface area contributed by atoms with Gasteiger partial charge in [0.15, 0.2) is 0 Å². The summed E-state index contributed by atoms with van der Waals surface area (Å²) in [7, 11) is 4.64. The summed E-state index contributed by atoms with van der Waals surface area (Å²) >= 11 is 0. The van der Waals surface area contributed by atoms with Gasteiger partial charge in [-0.1, -0.05) is 114 Å². The monoisotopic (exact) mass is 407 g/mol. The van der Waals surface area contributed by atoms with Crippen LogP contribution in [0.25, 0.3) is 0 Å². The van der Waals surface area contributed by atoms with E-state index in [2.05, 4.69) is 63.5 Å². The third-order valence-corrected chi connectivity index (χ3v) is 5.44. The number of halogens is 1. The summed E-state index contributed by atoms with van der Waals surface area (Å²) in [6.45, 7) is 4.51. The highest BCUT2D eigenvalue weighted by Gasteiger charge is 2.13. The van der Waals surface area contributed by atoms with Crippen molar-refractivity contribution in [1.82, 2.24) is 0 Å². The van der Waals surface area contributed by atoms with Gasteiger partial charge in [0.2, 0.25) is 0 Å². The fourth-order valence-electron chi connectivity index (χ4n) is 3.72. The zero-order valence-electron chi connectivity index (χ0n) is 19.0. The molecular formula is C26H46ClN. The van der Waals surface area contributed by atoms with E-state index in [-0.39, 0.29) is 12.4 Å². The summed E-state index contributed by atoms with van der Waals surface area (Å²) in [6.07, 6.45) is 23.2. The van der Waals surface area contributed by atoms with Crippen molar-refractivity contribution >= 4 is 0 Å². The van der Waals surface area contributed by atoms with Gasteiger partial charge in [0.05, 0.1) is 20.6 Å². The zero-order chi connectivity index (χ0) is 19.6. The first-order chi connectivity index (χ1) is 13.1. The van der Waals surface area contributed by atoms with Gasteiger partial charge in [-0.05, 0) is 18.9 Å². The third kappa shape index (κ3) is 16.2. The smallest absolute Gasteiger partial charge is 0.104 e. The van der Waals surface area contributed by atoms with Crippen molar-refractivity contribution in [3.8, 4) is 0 Å². The summed E-state index contributed by atoms with van der Waals surface area (Å²) in [6, 6.07) is 10.8. The first kappa shape index (κ1) is 27.2. The molecular weight excluding hydrogens is 362 g/mol. The Balaban J connectivity index is 0.00000729. The Hall–Kier alpha value is -0.790. The van der Waals surface area contributed by atoms with Crippen LogP contribution in [-0.4, -0.2) is 25.1 Å². The van der Waals surface area contributed by atoms with Crippen molar-refractivity contribution in [3.63, 3.8) is 0 Å². The van der Waals surface area contributed by atoms with E-state index in [1.54, 1.807) is 0 Å². The van der Waals surface area contributed by atoms with Gasteiger partial charge in [-0.25, -0.2) is 0 Å². The molecule has 0 aliphatic heterocycles. The summed E-state index contributed by atoms with van der Waals surface area (Å²) in [5.41, 5.74) is 1.43. The molecule has 0 saturated carbocycles. The Morgan fingerprint density at radius 1 is 0.679 bits per heavy atom. The second kappa shape index (κ2) is 18.3. The highest BCUT2D eigenvalue weighted by atomic mass is 35.5. The van der Waals surface area contributed by atoms with Gasteiger partial charge in [0.1, 0.15) is 6.54 Å². The lowest BCUT2D eigenvalue weighted by Crippen LogP contribution is -3.00. The number of hydrogen-bond acceptors (Lipinski definition) is 0. The van der Waals surface area contributed by atoms with Gasteiger partial charge >= 0.3 is 0 Å². The van der Waals surface area contributed by atoms with Crippen LogP contribution in [0.1, 0.15) is 96.0 Å². The fourth-order valence-corrected chi connectivity index (χ4v) is 3.72. The number of quaternary nitrogens is 1. The first-order valence-corrected chi connectivity index (χ1v) is 11.6. The Bertz CT molecular complexity index is 467. The number of hydrogen-bond donors (Lipinski definition) is 0. The molecule has 0 aromatic heterocycles. The number of unbranched alkanes of at least 4 members (excludes halogenated alkanes) is 12. The number of likely N-dealkylation sites (N-methyl/N-ethyl adjacent to an activating group) is 1. The molecule has 0 heterocycles. The molecule has 1 nitrogen and oxygen atoms in total. The summed E-state index contributed by atoms with van der Waals surface area (Å²) in [5.74, 6) is 0. The van der Waals surface area contributed by atoms with E-state index in [0.29, 0.717) is 0 Å². The van der Waals surface area contributed by atoms with Gasteiger partial charge < -0.3 is 16.9 Å². The predicted molar refractivity (Wildman–Crippen MR) is 122 cm³/mol. The quantitative estimate of drug-likeness (QED) is 0.195. The Morgan fingerprint density at radius 2 is 1.18 bits per heavy atom. The van der Waals surface area contributed by atoms with E-state index in [9.17, 15) is 0 Å². The molecule has 0 radical (unpaired) electrons. The molecule has 0 unspecified atom stereocenters. The largest absolute Gasteiger partial charge is 1.00 e. The summed E-state index contributed by atoms with van der Waals surface area (Å²) in [5, 5.41) is 0. The summed E-state index contributed by atoms with van der Waals surface area (Å²) in [4.78, 5) is 0. The van der Waals surface area contributed by atoms with Crippen LogP contribution in [0.5, 0.6) is 0 Å². The van der Waals surface area contributed by atoms with Crippen LogP contribution in [0, 0.1) is 0 Å². The maximum Gasteiger partial charge on any atom is 0.104 e. The van der Waals surface area contributed by atoms with Crippen molar-refractivity contribution in [1.29, 1.82) is 0 Å². The number of nitrogens with zero attached hydrogens (tertiary/aromatic N) is 1. The minimum absolute atomic E-state index is 0. The highest BCUT2D eigenvalue weighted by Crippen LogP contribution is 2.13. The molecule has 0 saturated heterocycles. The summed E-state index contributed by atoms with van der Waals surface area (Å²) < 4.78 is 1.03. The van der Waals surface area contributed by atoms with E-state index >= 15 is 0 Å². The van der Waals surface area contributed by atoms with Gasteiger partial charge in [-0.3, -0.25) is 0 Å². The lowest BCUT2D eigenvalue weighted by Gasteiger charge is -2.28. The molecule has 0 bridgehead atoms.